The van der Waals surface area contributed by atoms with Crippen LogP contribution < -0.4 is 0 Å². The first kappa shape index (κ1) is 11.7. The van der Waals surface area contributed by atoms with Crippen LogP contribution in [0.2, 0.25) is 0 Å². The normalized spacial score (nSPS) is 10.4. The molecule has 1 rings (SSSR count). The van der Waals surface area contributed by atoms with Gasteiger partial charge in [0.05, 0.1) is 5.56 Å². The van der Waals surface area contributed by atoms with Gasteiger partial charge in [-0.15, -0.1) is 0 Å². The van der Waals surface area contributed by atoms with Crippen molar-refractivity contribution in [3.63, 3.8) is 0 Å². The van der Waals surface area contributed by atoms with E-state index in [0.29, 0.717) is 5.92 Å². The molecule has 15 heavy (non-hydrogen) atoms. The minimum absolute atomic E-state index is 0.437. The van der Waals surface area contributed by atoms with E-state index in [4.69, 9.17) is 5.26 Å². The van der Waals surface area contributed by atoms with Crippen molar-refractivity contribution < 1.29 is 0 Å². The molecule has 0 unspecified atom stereocenters. The van der Waals surface area contributed by atoms with Gasteiger partial charge in [-0.3, -0.25) is 4.98 Å². The van der Waals surface area contributed by atoms with Crippen LogP contribution in [0.5, 0.6) is 0 Å². The molecule has 2 heteroatoms. The number of aromatic nitrogens is 1. The van der Waals surface area contributed by atoms with Crippen molar-refractivity contribution in [3.8, 4) is 6.07 Å². The van der Waals surface area contributed by atoms with Gasteiger partial charge >= 0.3 is 0 Å². The summed E-state index contributed by atoms with van der Waals surface area (Å²) >= 11 is 0. The third-order valence-corrected chi connectivity index (χ3v) is 2.63. The highest BCUT2D eigenvalue weighted by Gasteiger charge is 2.14. The fourth-order valence-corrected chi connectivity index (χ4v) is 2.05. The molecule has 0 saturated carbocycles. The molecule has 2 nitrogen and oxygen atoms in total. The van der Waals surface area contributed by atoms with Crippen molar-refractivity contribution in [2.24, 2.45) is 0 Å². The van der Waals surface area contributed by atoms with Crippen molar-refractivity contribution in [2.75, 3.05) is 0 Å². The molecule has 0 bridgehead atoms. The van der Waals surface area contributed by atoms with Gasteiger partial charge in [-0.05, 0) is 30.4 Å². The number of nitriles is 1. The topological polar surface area (TPSA) is 36.7 Å². The Labute approximate surface area is 92.0 Å². The minimum atomic E-state index is 0.437. The summed E-state index contributed by atoms with van der Waals surface area (Å²) in [6.07, 6.45) is 3.74. The van der Waals surface area contributed by atoms with Crippen LogP contribution in [0.25, 0.3) is 0 Å². The Morgan fingerprint density at radius 3 is 2.60 bits per heavy atom. The van der Waals surface area contributed by atoms with E-state index in [9.17, 15) is 0 Å². The van der Waals surface area contributed by atoms with Crippen LogP contribution >= 0.6 is 0 Å². The molecule has 0 amide bonds. The van der Waals surface area contributed by atoms with E-state index < -0.39 is 0 Å². The molecule has 0 radical (unpaired) electrons. The number of hydrogen-bond donors (Lipinski definition) is 0. The summed E-state index contributed by atoms with van der Waals surface area (Å²) in [5.74, 6) is 0.437. The fourth-order valence-electron chi connectivity index (χ4n) is 2.05. The van der Waals surface area contributed by atoms with Gasteiger partial charge < -0.3 is 0 Å². The van der Waals surface area contributed by atoms with Gasteiger partial charge in [0.2, 0.25) is 0 Å². The highest BCUT2D eigenvalue weighted by atomic mass is 14.7. The second-order valence-corrected chi connectivity index (χ2v) is 4.17. The zero-order chi connectivity index (χ0) is 11.4. The summed E-state index contributed by atoms with van der Waals surface area (Å²) < 4.78 is 0. The highest BCUT2D eigenvalue weighted by molar-refractivity contribution is 5.44. The van der Waals surface area contributed by atoms with Crippen LogP contribution in [-0.4, -0.2) is 4.98 Å². The summed E-state index contributed by atoms with van der Waals surface area (Å²) in [5.41, 5.74) is 4.26. The Kier molecular flexibility index (Phi) is 3.85. The first-order valence-corrected chi connectivity index (χ1v) is 5.50. The Morgan fingerprint density at radius 1 is 1.47 bits per heavy atom. The van der Waals surface area contributed by atoms with Gasteiger partial charge in [0.15, 0.2) is 0 Å². The van der Waals surface area contributed by atoms with Crippen LogP contribution in [0.4, 0.5) is 0 Å². The van der Waals surface area contributed by atoms with E-state index in [1.807, 2.05) is 6.92 Å². The molecular formula is C13H18N2. The lowest BCUT2D eigenvalue weighted by molar-refractivity contribution is 0.797. The summed E-state index contributed by atoms with van der Waals surface area (Å²) in [5, 5.41) is 9.05. The van der Waals surface area contributed by atoms with Crippen LogP contribution in [0, 0.1) is 18.3 Å². The standard InChI is InChI=1S/C13H18N2/c1-5-6-12-11(7-14)8-15-10(4)13(12)9(2)3/h8-9H,5-6H2,1-4H3. The molecular weight excluding hydrogens is 184 g/mol. The van der Waals surface area contributed by atoms with E-state index in [0.717, 1.165) is 24.1 Å². The van der Waals surface area contributed by atoms with Gasteiger partial charge in [-0.2, -0.15) is 5.26 Å². The second-order valence-electron chi connectivity index (χ2n) is 4.17. The van der Waals surface area contributed by atoms with E-state index in [1.54, 1.807) is 6.20 Å². The molecule has 0 saturated heterocycles. The molecule has 0 aromatic carbocycles. The SMILES string of the molecule is CCCc1c(C#N)cnc(C)c1C(C)C. The van der Waals surface area contributed by atoms with Crippen molar-refractivity contribution in [1.29, 1.82) is 5.26 Å². The first-order valence-electron chi connectivity index (χ1n) is 5.50. The van der Waals surface area contributed by atoms with Crippen molar-refractivity contribution in [3.05, 3.63) is 28.6 Å². The van der Waals surface area contributed by atoms with E-state index in [-0.39, 0.29) is 0 Å². The van der Waals surface area contributed by atoms with E-state index >= 15 is 0 Å². The first-order chi connectivity index (χ1) is 7.11. The molecule has 0 aliphatic rings. The van der Waals surface area contributed by atoms with Gasteiger partial charge in [-0.1, -0.05) is 27.2 Å². The second kappa shape index (κ2) is 4.93. The number of rotatable bonds is 3. The molecule has 1 aromatic heterocycles. The van der Waals surface area contributed by atoms with Crippen LogP contribution in [0.1, 0.15) is 55.5 Å². The van der Waals surface area contributed by atoms with Gasteiger partial charge in [-0.25, -0.2) is 0 Å². The lowest BCUT2D eigenvalue weighted by atomic mass is 9.91. The zero-order valence-electron chi connectivity index (χ0n) is 9.96. The fraction of sp³-hybridized carbons (Fsp3) is 0.538. The predicted octanol–water partition coefficient (Wildman–Crippen LogP) is 3.34. The van der Waals surface area contributed by atoms with Crippen LogP contribution in [-0.2, 0) is 6.42 Å². The van der Waals surface area contributed by atoms with Crippen molar-refractivity contribution >= 4 is 0 Å². The van der Waals surface area contributed by atoms with Gasteiger partial charge in [0.1, 0.15) is 6.07 Å². The third kappa shape index (κ3) is 2.36. The average molecular weight is 202 g/mol. The monoisotopic (exact) mass is 202 g/mol. The quantitative estimate of drug-likeness (QED) is 0.753. The van der Waals surface area contributed by atoms with E-state index in [2.05, 4.69) is 31.8 Å². The smallest absolute Gasteiger partial charge is 0.101 e. The van der Waals surface area contributed by atoms with Gasteiger partial charge in [0, 0.05) is 11.9 Å². The molecule has 0 N–H and O–H groups in total. The summed E-state index contributed by atoms with van der Waals surface area (Å²) in [6, 6.07) is 2.24. The number of aryl methyl sites for hydroxylation is 1. The summed E-state index contributed by atoms with van der Waals surface area (Å²) in [7, 11) is 0. The maximum absolute atomic E-state index is 9.05. The largest absolute Gasteiger partial charge is 0.260 e. The van der Waals surface area contributed by atoms with Crippen LogP contribution in [0.15, 0.2) is 6.20 Å². The molecule has 1 heterocycles. The average Bonchev–Trinajstić information content (AvgIpc) is 2.18. The van der Waals surface area contributed by atoms with Gasteiger partial charge in [0.25, 0.3) is 0 Å². The highest BCUT2D eigenvalue weighted by Crippen LogP contribution is 2.25. The van der Waals surface area contributed by atoms with Crippen molar-refractivity contribution in [2.45, 2.75) is 46.5 Å². The molecule has 0 aliphatic heterocycles. The molecule has 1 aromatic rings. The maximum Gasteiger partial charge on any atom is 0.101 e. The Balaban J connectivity index is 3.38. The molecule has 0 spiro atoms. The zero-order valence-corrected chi connectivity index (χ0v) is 9.96. The third-order valence-electron chi connectivity index (χ3n) is 2.63. The van der Waals surface area contributed by atoms with Crippen LogP contribution in [0.3, 0.4) is 0 Å². The number of pyridine rings is 1. The predicted molar refractivity (Wildman–Crippen MR) is 61.8 cm³/mol. The maximum atomic E-state index is 9.05. The van der Waals surface area contributed by atoms with Crippen molar-refractivity contribution in [1.82, 2.24) is 4.98 Å². The summed E-state index contributed by atoms with van der Waals surface area (Å²) in [6.45, 7) is 8.48. The molecule has 0 fully saturated rings. The number of nitrogens with zero attached hydrogens (tertiary/aromatic N) is 2. The summed E-state index contributed by atoms with van der Waals surface area (Å²) in [4.78, 5) is 4.29. The Morgan fingerprint density at radius 2 is 2.13 bits per heavy atom. The Hall–Kier alpha value is -1.36. The van der Waals surface area contributed by atoms with E-state index in [1.165, 1.54) is 11.1 Å². The lowest BCUT2D eigenvalue weighted by Gasteiger charge is -2.15. The Bertz CT molecular complexity index is 386. The molecule has 0 atom stereocenters. The lowest BCUT2D eigenvalue weighted by Crippen LogP contribution is -2.04. The minimum Gasteiger partial charge on any atom is -0.260 e. The molecule has 0 aliphatic carbocycles. The number of hydrogen-bond acceptors (Lipinski definition) is 2. The molecule has 80 valence electrons.